The third-order valence-electron chi connectivity index (χ3n) is 3.81. The van der Waals surface area contributed by atoms with Crippen molar-refractivity contribution in [2.45, 2.75) is 39.5 Å². The summed E-state index contributed by atoms with van der Waals surface area (Å²) >= 11 is 0. The van der Waals surface area contributed by atoms with Crippen LogP contribution in [0.4, 0.5) is 0 Å². The van der Waals surface area contributed by atoms with E-state index in [1.165, 1.54) is 32.4 Å². The molecule has 0 bridgehead atoms. The topological polar surface area (TPSA) is 63.6 Å². The lowest BCUT2D eigenvalue weighted by Crippen LogP contribution is -2.01. The van der Waals surface area contributed by atoms with Gasteiger partial charge in [-0.2, -0.15) is 0 Å². The minimum Gasteiger partial charge on any atom is -0.507 e. The van der Waals surface area contributed by atoms with Crippen LogP contribution in [0.1, 0.15) is 55.5 Å². The van der Waals surface area contributed by atoms with Crippen molar-refractivity contribution in [3.8, 4) is 11.5 Å². The number of methoxy groups -OCH3 is 1. The van der Waals surface area contributed by atoms with Gasteiger partial charge in [-0.3, -0.25) is 9.59 Å². The van der Waals surface area contributed by atoms with Crippen LogP contribution in [0.3, 0.4) is 0 Å². The molecule has 0 aliphatic heterocycles. The fourth-order valence-corrected chi connectivity index (χ4v) is 2.34. The number of hydrogen-bond acceptors (Lipinski definition) is 4. The van der Waals surface area contributed by atoms with Gasteiger partial charge in [-0.25, -0.2) is 0 Å². The van der Waals surface area contributed by atoms with Crippen molar-refractivity contribution in [1.29, 1.82) is 0 Å². The van der Waals surface area contributed by atoms with Crippen LogP contribution in [-0.2, 0) is 4.79 Å². The van der Waals surface area contributed by atoms with Gasteiger partial charge in [0.25, 0.3) is 0 Å². The van der Waals surface area contributed by atoms with E-state index in [2.05, 4.69) is 6.92 Å². The third kappa shape index (κ3) is 8.36. The molecule has 27 heavy (non-hydrogen) atoms. The number of unbranched alkanes of at least 4 members (excludes halogenated alkanes) is 3. The number of phenols is 1. The highest BCUT2D eigenvalue weighted by atomic mass is 16.5. The largest absolute Gasteiger partial charge is 0.507 e. The van der Waals surface area contributed by atoms with Crippen molar-refractivity contribution in [2.24, 2.45) is 0 Å². The SMILES string of the molecule is CCCCCC=CC(C)=O.COc1ccc(C(=O)c2ccccc2)c(O)c1. The second kappa shape index (κ2) is 12.5. The molecule has 2 aromatic rings. The van der Waals surface area contributed by atoms with Crippen LogP contribution in [0.5, 0.6) is 11.5 Å². The van der Waals surface area contributed by atoms with E-state index in [1.807, 2.05) is 12.1 Å². The second-order valence-corrected chi connectivity index (χ2v) is 6.09. The zero-order chi connectivity index (χ0) is 20.1. The van der Waals surface area contributed by atoms with Gasteiger partial charge in [0.1, 0.15) is 11.5 Å². The van der Waals surface area contributed by atoms with Gasteiger partial charge in [0.2, 0.25) is 0 Å². The molecule has 0 aliphatic rings. The molecule has 0 saturated heterocycles. The summed E-state index contributed by atoms with van der Waals surface area (Å²) in [6.45, 7) is 3.75. The van der Waals surface area contributed by atoms with Gasteiger partial charge >= 0.3 is 0 Å². The molecule has 0 spiro atoms. The minimum atomic E-state index is -0.203. The normalized spacial score (nSPS) is 10.2. The molecule has 0 aromatic heterocycles. The Bertz CT molecular complexity index is 748. The Morgan fingerprint density at radius 2 is 1.78 bits per heavy atom. The number of ether oxygens (including phenoxy) is 1. The van der Waals surface area contributed by atoms with Crippen molar-refractivity contribution in [3.05, 3.63) is 71.8 Å². The van der Waals surface area contributed by atoms with E-state index in [9.17, 15) is 14.7 Å². The number of rotatable bonds is 8. The lowest BCUT2D eigenvalue weighted by Gasteiger charge is -2.06. The summed E-state index contributed by atoms with van der Waals surface area (Å²) in [5.74, 6) is 0.396. The predicted octanol–water partition coefficient (Wildman–Crippen LogP) is 5.34. The molecule has 2 rings (SSSR count). The van der Waals surface area contributed by atoms with E-state index < -0.39 is 0 Å². The monoisotopic (exact) mass is 368 g/mol. The number of aromatic hydroxyl groups is 1. The molecule has 0 unspecified atom stereocenters. The van der Waals surface area contributed by atoms with Crippen molar-refractivity contribution in [2.75, 3.05) is 7.11 Å². The number of allylic oxidation sites excluding steroid dienone is 2. The summed E-state index contributed by atoms with van der Waals surface area (Å²) in [6, 6.07) is 13.5. The average molecular weight is 368 g/mol. The Hall–Kier alpha value is -2.88. The minimum absolute atomic E-state index is 0.0711. The van der Waals surface area contributed by atoms with Crippen LogP contribution in [0.15, 0.2) is 60.7 Å². The summed E-state index contributed by atoms with van der Waals surface area (Å²) < 4.78 is 4.96. The number of benzene rings is 2. The number of hydrogen-bond donors (Lipinski definition) is 1. The molecule has 2 aromatic carbocycles. The van der Waals surface area contributed by atoms with Gasteiger partial charge in [-0.15, -0.1) is 0 Å². The molecule has 4 heteroatoms. The molecule has 144 valence electrons. The number of phenolic OH excluding ortho intramolecular Hbond substituents is 1. The fraction of sp³-hybridized carbons (Fsp3) is 0.304. The molecule has 4 nitrogen and oxygen atoms in total. The number of ketones is 2. The second-order valence-electron chi connectivity index (χ2n) is 6.09. The Labute approximate surface area is 161 Å². The summed E-state index contributed by atoms with van der Waals surface area (Å²) in [5, 5.41) is 9.75. The summed E-state index contributed by atoms with van der Waals surface area (Å²) in [7, 11) is 1.51. The molecule has 0 atom stereocenters. The molecule has 0 radical (unpaired) electrons. The Balaban J connectivity index is 0.000000314. The Morgan fingerprint density at radius 3 is 2.33 bits per heavy atom. The standard InChI is InChI=1S/C14H12O3.C9H16O/c1-17-11-7-8-12(13(15)9-11)14(16)10-5-3-2-4-6-10;1-3-4-5-6-7-8-9(2)10/h2-9,15H,1H3;7-8H,3-6H2,1-2H3. The summed E-state index contributed by atoms with van der Waals surface area (Å²) in [6.07, 6.45) is 8.37. The van der Waals surface area contributed by atoms with E-state index in [0.717, 1.165) is 6.42 Å². The lowest BCUT2D eigenvalue weighted by atomic mass is 10.0. The maximum Gasteiger partial charge on any atom is 0.196 e. The molecule has 0 amide bonds. The smallest absolute Gasteiger partial charge is 0.196 e. The third-order valence-corrected chi connectivity index (χ3v) is 3.81. The van der Waals surface area contributed by atoms with E-state index in [0.29, 0.717) is 11.3 Å². The molecule has 0 heterocycles. The first-order valence-electron chi connectivity index (χ1n) is 9.13. The molecule has 0 aliphatic carbocycles. The molecular formula is C23H28O4. The number of carbonyl (C=O) groups excluding carboxylic acids is 2. The summed E-state index contributed by atoms with van der Waals surface area (Å²) in [5.41, 5.74) is 0.824. The van der Waals surface area contributed by atoms with Crippen LogP contribution >= 0.6 is 0 Å². The first-order valence-corrected chi connectivity index (χ1v) is 9.13. The van der Waals surface area contributed by atoms with Gasteiger partial charge in [0, 0.05) is 11.6 Å². The zero-order valence-corrected chi connectivity index (χ0v) is 16.3. The number of carbonyl (C=O) groups is 2. The van der Waals surface area contributed by atoms with E-state index in [1.54, 1.807) is 49.4 Å². The van der Waals surface area contributed by atoms with Crippen molar-refractivity contribution < 1.29 is 19.4 Å². The van der Waals surface area contributed by atoms with Crippen LogP contribution in [0.25, 0.3) is 0 Å². The first kappa shape index (κ1) is 22.2. The highest BCUT2D eigenvalue weighted by molar-refractivity contribution is 6.10. The van der Waals surface area contributed by atoms with Crippen LogP contribution in [-0.4, -0.2) is 23.8 Å². The van der Waals surface area contributed by atoms with Crippen molar-refractivity contribution in [1.82, 2.24) is 0 Å². The summed E-state index contributed by atoms with van der Waals surface area (Å²) in [4.78, 5) is 22.5. The average Bonchev–Trinajstić information content (AvgIpc) is 2.68. The Kier molecular flexibility index (Phi) is 10.2. The van der Waals surface area contributed by atoms with E-state index >= 15 is 0 Å². The highest BCUT2D eigenvalue weighted by Gasteiger charge is 2.13. The molecular weight excluding hydrogens is 340 g/mol. The quantitative estimate of drug-likeness (QED) is 0.388. The highest BCUT2D eigenvalue weighted by Crippen LogP contribution is 2.25. The van der Waals surface area contributed by atoms with Crippen LogP contribution in [0.2, 0.25) is 0 Å². The molecule has 0 fully saturated rings. The van der Waals surface area contributed by atoms with E-state index in [-0.39, 0.29) is 22.9 Å². The van der Waals surface area contributed by atoms with Crippen molar-refractivity contribution >= 4 is 11.6 Å². The van der Waals surface area contributed by atoms with Crippen LogP contribution < -0.4 is 4.74 Å². The van der Waals surface area contributed by atoms with Gasteiger partial charge in [0.15, 0.2) is 11.6 Å². The van der Waals surface area contributed by atoms with Crippen molar-refractivity contribution in [3.63, 3.8) is 0 Å². The van der Waals surface area contributed by atoms with Gasteiger partial charge in [0.05, 0.1) is 12.7 Å². The lowest BCUT2D eigenvalue weighted by molar-refractivity contribution is -0.112. The molecule has 0 saturated carbocycles. The van der Waals surface area contributed by atoms with Gasteiger partial charge in [-0.05, 0) is 38.0 Å². The van der Waals surface area contributed by atoms with E-state index in [4.69, 9.17) is 4.74 Å². The maximum atomic E-state index is 12.1. The zero-order valence-electron chi connectivity index (χ0n) is 16.3. The first-order chi connectivity index (χ1) is 13.0. The maximum absolute atomic E-state index is 12.1. The van der Waals surface area contributed by atoms with Gasteiger partial charge < -0.3 is 9.84 Å². The van der Waals surface area contributed by atoms with Crippen LogP contribution in [0, 0.1) is 0 Å². The Morgan fingerprint density at radius 1 is 1.07 bits per heavy atom. The predicted molar refractivity (Wildman–Crippen MR) is 108 cm³/mol. The fourth-order valence-electron chi connectivity index (χ4n) is 2.34. The molecule has 1 N–H and O–H groups in total. The van der Waals surface area contributed by atoms with Gasteiger partial charge in [-0.1, -0.05) is 56.2 Å².